The van der Waals surface area contributed by atoms with Gasteiger partial charge in [-0.2, -0.15) is 0 Å². The number of morpholine rings is 1. The molecular weight excluding hydrogens is 216 g/mol. The number of carbonyl (C=O) groups excluding carboxylic acids is 1. The molecule has 0 aliphatic carbocycles. The van der Waals surface area contributed by atoms with E-state index in [1.165, 1.54) is 0 Å². The van der Waals surface area contributed by atoms with Gasteiger partial charge in [-0.25, -0.2) is 0 Å². The molecule has 1 amide bonds. The molecule has 1 aliphatic heterocycles. The average Bonchev–Trinajstić information content (AvgIpc) is 2.38. The van der Waals surface area contributed by atoms with Crippen molar-refractivity contribution in [2.45, 2.75) is 52.1 Å². The van der Waals surface area contributed by atoms with Crippen LogP contribution in [0.25, 0.3) is 0 Å². The lowest BCUT2D eigenvalue weighted by molar-refractivity contribution is -0.137. The van der Waals surface area contributed by atoms with Gasteiger partial charge in [0, 0.05) is 19.1 Å². The van der Waals surface area contributed by atoms with Crippen LogP contribution in [-0.4, -0.2) is 49.2 Å². The fourth-order valence-electron chi connectivity index (χ4n) is 2.24. The van der Waals surface area contributed by atoms with E-state index in [1.807, 2.05) is 11.8 Å². The number of nitrogens with one attached hydrogen (secondary N) is 1. The van der Waals surface area contributed by atoms with Crippen LogP contribution in [-0.2, 0) is 9.53 Å². The summed E-state index contributed by atoms with van der Waals surface area (Å²) in [5.41, 5.74) is 0. The third-order valence-corrected chi connectivity index (χ3v) is 3.31. The molecule has 2 unspecified atom stereocenters. The number of ether oxygens (including phenoxy) is 1. The highest BCUT2D eigenvalue weighted by Crippen LogP contribution is 2.05. The van der Waals surface area contributed by atoms with Crippen LogP contribution in [0.2, 0.25) is 0 Å². The SMILES string of the molecule is CCCC(CC)NC(C)C(=O)N1CCOCC1. The summed E-state index contributed by atoms with van der Waals surface area (Å²) in [7, 11) is 0. The van der Waals surface area contributed by atoms with Gasteiger partial charge in [0.15, 0.2) is 0 Å². The molecule has 1 fully saturated rings. The Morgan fingerprint density at radius 1 is 1.35 bits per heavy atom. The molecule has 1 heterocycles. The average molecular weight is 242 g/mol. The molecule has 0 spiro atoms. The fourth-order valence-corrected chi connectivity index (χ4v) is 2.24. The first-order valence-electron chi connectivity index (χ1n) is 6.81. The van der Waals surface area contributed by atoms with E-state index in [2.05, 4.69) is 19.2 Å². The highest BCUT2D eigenvalue weighted by molar-refractivity contribution is 5.81. The quantitative estimate of drug-likeness (QED) is 0.765. The maximum absolute atomic E-state index is 12.2. The van der Waals surface area contributed by atoms with Crippen molar-refractivity contribution in [1.29, 1.82) is 0 Å². The summed E-state index contributed by atoms with van der Waals surface area (Å²) in [5.74, 6) is 0.211. The Bertz CT molecular complexity index is 227. The first kappa shape index (κ1) is 14.5. The van der Waals surface area contributed by atoms with E-state index in [1.54, 1.807) is 0 Å². The van der Waals surface area contributed by atoms with Crippen molar-refractivity contribution in [2.75, 3.05) is 26.3 Å². The minimum Gasteiger partial charge on any atom is -0.378 e. The Balaban J connectivity index is 2.39. The summed E-state index contributed by atoms with van der Waals surface area (Å²) in [5, 5.41) is 3.43. The van der Waals surface area contributed by atoms with Gasteiger partial charge in [0.1, 0.15) is 0 Å². The Morgan fingerprint density at radius 3 is 2.53 bits per heavy atom. The monoisotopic (exact) mass is 242 g/mol. The molecule has 0 radical (unpaired) electrons. The predicted octanol–water partition coefficient (Wildman–Crippen LogP) is 1.40. The van der Waals surface area contributed by atoms with Crippen LogP contribution in [0.1, 0.15) is 40.0 Å². The van der Waals surface area contributed by atoms with Gasteiger partial charge in [-0.05, 0) is 19.8 Å². The minimum absolute atomic E-state index is 0.0791. The lowest BCUT2D eigenvalue weighted by Crippen LogP contribution is -2.51. The van der Waals surface area contributed by atoms with Crippen molar-refractivity contribution in [3.05, 3.63) is 0 Å². The zero-order valence-electron chi connectivity index (χ0n) is 11.4. The lowest BCUT2D eigenvalue weighted by Gasteiger charge is -2.31. The van der Waals surface area contributed by atoms with Crippen molar-refractivity contribution in [2.24, 2.45) is 0 Å². The van der Waals surface area contributed by atoms with Crippen LogP contribution in [0.5, 0.6) is 0 Å². The van der Waals surface area contributed by atoms with Gasteiger partial charge in [0.05, 0.1) is 19.3 Å². The van der Waals surface area contributed by atoms with Crippen molar-refractivity contribution < 1.29 is 9.53 Å². The van der Waals surface area contributed by atoms with Crippen molar-refractivity contribution >= 4 is 5.91 Å². The Labute approximate surface area is 105 Å². The Morgan fingerprint density at radius 2 is 2.00 bits per heavy atom. The largest absolute Gasteiger partial charge is 0.378 e. The van der Waals surface area contributed by atoms with Gasteiger partial charge >= 0.3 is 0 Å². The fraction of sp³-hybridized carbons (Fsp3) is 0.923. The molecule has 1 rings (SSSR count). The molecule has 100 valence electrons. The van der Waals surface area contributed by atoms with E-state index in [9.17, 15) is 4.79 Å². The third kappa shape index (κ3) is 4.64. The molecule has 0 bridgehead atoms. The van der Waals surface area contributed by atoms with Crippen LogP contribution in [0, 0.1) is 0 Å². The van der Waals surface area contributed by atoms with Crippen LogP contribution in [0.15, 0.2) is 0 Å². The molecule has 2 atom stereocenters. The molecule has 1 N–H and O–H groups in total. The van der Waals surface area contributed by atoms with Gasteiger partial charge < -0.3 is 15.0 Å². The highest BCUT2D eigenvalue weighted by Gasteiger charge is 2.23. The van der Waals surface area contributed by atoms with Gasteiger partial charge in [0.25, 0.3) is 0 Å². The third-order valence-electron chi connectivity index (χ3n) is 3.31. The molecule has 4 heteroatoms. The second kappa shape index (κ2) is 7.67. The van der Waals surface area contributed by atoms with E-state index in [-0.39, 0.29) is 11.9 Å². The lowest BCUT2D eigenvalue weighted by atomic mass is 10.1. The van der Waals surface area contributed by atoms with Crippen LogP contribution < -0.4 is 5.32 Å². The van der Waals surface area contributed by atoms with Gasteiger partial charge in [-0.3, -0.25) is 4.79 Å². The molecular formula is C13H26N2O2. The number of carbonyl (C=O) groups is 1. The molecule has 0 aromatic heterocycles. The molecule has 1 aliphatic rings. The predicted molar refractivity (Wildman–Crippen MR) is 69.0 cm³/mol. The second-order valence-electron chi connectivity index (χ2n) is 4.72. The van der Waals surface area contributed by atoms with E-state index < -0.39 is 0 Å². The van der Waals surface area contributed by atoms with Crippen molar-refractivity contribution in [3.63, 3.8) is 0 Å². The molecule has 4 nitrogen and oxygen atoms in total. The van der Waals surface area contributed by atoms with Crippen LogP contribution in [0.4, 0.5) is 0 Å². The van der Waals surface area contributed by atoms with Gasteiger partial charge in [0.2, 0.25) is 5.91 Å². The number of rotatable bonds is 6. The van der Waals surface area contributed by atoms with Crippen LogP contribution in [0.3, 0.4) is 0 Å². The topological polar surface area (TPSA) is 41.6 Å². The first-order chi connectivity index (χ1) is 8.19. The highest BCUT2D eigenvalue weighted by atomic mass is 16.5. The summed E-state index contributed by atoms with van der Waals surface area (Å²) in [6, 6.07) is 0.379. The maximum Gasteiger partial charge on any atom is 0.239 e. The second-order valence-corrected chi connectivity index (χ2v) is 4.72. The summed E-state index contributed by atoms with van der Waals surface area (Å²) < 4.78 is 5.26. The zero-order valence-corrected chi connectivity index (χ0v) is 11.4. The van der Waals surface area contributed by atoms with E-state index in [0.717, 1.165) is 32.4 Å². The maximum atomic E-state index is 12.2. The standard InChI is InChI=1S/C13H26N2O2/c1-4-6-12(5-2)14-11(3)13(16)15-7-9-17-10-8-15/h11-12,14H,4-10H2,1-3H3. The number of hydrogen-bond donors (Lipinski definition) is 1. The molecule has 0 aromatic carbocycles. The zero-order chi connectivity index (χ0) is 12.7. The number of hydrogen-bond acceptors (Lipinski definition) is 3. The summed E-state index contributed by atoms with van der Waals surface area (Å²) in [6.45, 7) is 9.12. The van der Waals surface area contributed by atoms with Gasteiger partial charge in [-0.15, -0.1) is 0 Å². The minimum atomic E-state index is -0.0791. The van der Waals surface area contributed by atoms with E-state index in [0.29, 0.717) is 19.3 Å². The van der Waals surface area contributed by atoms with Crippen molar-refractivity contribution in [3.8, 4) is 0 Å². The summed E-state index contributed by atoms with van der Waals surface area (Å²) in [4.78, 5) is 14.1. The molecule has 17 heavy (non-hydrogen) atoms. The van der Waals surface area contributed by atoms with Crippen LogP contribution >= 0.6 is 0 Å². The normalized spacial score (nSPS) is 20.1. The van der Waals surface area contributed by atoms with Gasteiger partial charge in [-0.1, -0.05) is 20.3 Å². The molecule has 0 saturated carbocycles. The Hall–Kier alpha value is -0.610. The van der Waals surface area contributed by atoms with Crippen molar-refractivity contribution in [1.82, 2.24) is 10.2 Å². The van der Waals surface area contributed by atoms with E-state index >= 15 is 0 Å². The Kier molecular flexibility index (Phi) is 6.52. The first-order valence-corrected chi connectivity index (χ1v) is 6.81. The number of amides is 1. The molecule has 1 saturated heterocycles. The molecule has 0 aromatic rings. The number of nitrogens with zero attached hydrogens (tertiary/aromatic N) is 1. The summed E-state index contributed by atoms with van der Waals surface area (Å²) in [6.07, 6.45) is 3.37. The smallest absolute Gasteiger partial charge is 0.239 e. The van der Waals surface area contributed by atoms with E-state index in [4.69, 9.17) is 4.74 Å². The summed E-state index contributed by atoms with van der Waals surface area (Å²) >= 11 is 0.